The molecule has 2 aromatic rings. The van der Waals surface area contributed by atoms with Crippen LogP contribution in [0.25, 0.3) is 0 Å². The van der Waals surface area contributed by atoms with E-state index in [0.29, 0.717) is 0 Å². The van der Waals surface area contributed by atoms with Crippen LogP contribution in [0.3, 0.4) is 0 Å². The molecule has 0 unspecified atom stereocenters. The summed E-state index contributed by atoms with van der Waals surface area (Å²) >= 11 is 0. The van der Waals surface area contributed by atoms with Crippen molar-refractivity contribution in [1.82, 2.24) is 9.55 Å². The molecule has 0 bridgehead atoms. The molecule has 1 aliphatic heterocycles. The summed E-state index contributed by atoms with van der Waals surface area (Å²) < 4.78 is 2.25. The van der Waals surface area contributed by atoms with E-state index in [1.54, 1.807) is 0 Å². The molecule has 0 atom stereocenters. The SMILES string of the molecule is CCCn1cncc1CN1CCCc2c(N)cccc21. The van der Waals surface area contributed by atoms with Gasteiger partial charge in [-0.3, -0.25) is 0 Å². The fourth-order valence-corrected chi connectivity index (χ4v) is 3.01. The molecule has 2 heterocycles. The summed E-state index contributed by atoms with van der Waals surface area (Å²) in [6.45, 7) is 5.23. The van der Waals surface area contributed by atoms with Crippen molar-refractivity contribution >= 4 is 11.4 Å². The van der Waals surface area contributed by atoms with E-state index in [2.05, 4.69) is 33.5 Å². The Bertz CT molecular complexity index is 588. The first kappa shape index (κ1) is 13.0. The summed E-state index contributed by atoms with van der Waals surface area (Å²) in [4.78, 5) is 6.72. The Labute approximate surface area is 120 Å². The van der Waals surface area contributed by atoms with Gasteiger partial charge in [-0.15, -0.1) is 0 Å². The Morgan fingerprint density at radius 1 is 1.35 bits per heavy atom. The van der Waals surface area contributed by atoms with Crippen LogP contribution in [0, 0.1) is 0 Å². The number of benzene rings is 1. The van der Waals surface area contributed by atoms with Crippen LogP contribution in [-0.2, 0) is 19.5 Å². The Hall–Kier alpha value is -1.97. The Morgan fingerprint density at radius 2 is 2.25 bits per heavy atom. The van der Waals surface area contributed by atoms with E-state index in [1.807, 2.05) is 18.6 Å². The molecule has 0 radical (unpaired) electrons. The smallest absolute Gasteiger partial charge is 0.0948 e. The molecule has 4 heteroatoms. The third kappa shape index (κ3) is 2.38. The highest BCUT2D eigenvalue weighted by molar-refractivity contribution is 5.66. The number of nitrogen functional groups attached to an aromatic ring is 1. The van der Waals surface area contributed by atoms with Crippen molar-refractivity contribution < 1.29 is 0 Å². The highest BCUT2D eigenvalue weighted by Crippen LogP contribution is 2.32. The number of nitrogens with zero attached hydrogens (tertiary/aromatic N) is 3. The van der Waals surface area contributed by atoms with E-state index >= 15 is 0 Å². The Morgan fingerprint density at radius 3 is 3.10 bits per heavy atom. The third-order valence-corrected chi connectivity index (χ3v) is 4.00. The highest BCUT2D eigenvalue weighted by Gasteiger charge is 2.19. The fraction of sp³-hybridized carbons (Fsp3) is 0.438. The van der Waals surface area contributed by atoms with Crippen LogP contribution in [0.2, 0.25) is 0 Å². The largest absolute Gasteiger partial charge is 0.398 e. The Balaban J connectivity index is 1.86. The molecule has 1 aliphatic rings. The molecule has 3 rings (SSSR count). The number of aromatic nitrogens is 2. The number of fused-ring (bicyclic) bond motifs is 1. The van der Waals surface area contributed by atoms with Gasteiger partial charge in [0.25, 0.3) is 0 Å². The van der Waals surface area contributed by atoms with Crippen LogP contribution in [0.4, 0.5) is 11.4 Å². The number of rotatable bonds is 4. The molecule has 0 saturated heterocycles. The molecule has 106 valence electrons. The minimum atomic E-state index is 0.913. The third-order valence-electron chi connectivity index (χ3n) is 4.00. The molecule has 1 aromatic heterocycles. The van der Waals surface area contributed by atoms with Gasteiger partial charge < -0.3 is 15.2 Å². The fourth-order valence-electron chi connectivity index (χ4n) is 3.01. The molecule has 0 amide bonds. The van der Waals surface area contributed by atoms with Crippen molar-refractivity contribution in [2.24, 2.45) is 0 Å². The molecule has 1 aromatic carbocycles. The van der Waals surface area contributed by atoms with E-state index in [0.717, 1.165) is 38.2 Å². The second kappa shape index (κ2) is 5.57. The van der Waals surface area contributed by atoms with Crippen LogP contribution >= 0.6 is 0 Å². The normalized spacial score (nSPS) is 14.3. The average Bonchev–Trinajstić information content (AvgIpc) is 2.88. The van der Waals surface area contributed by atoms with Gasteiger partial charge in [0.05, 0.1) is 18.6 Å². The van der Waals surface area contributed by atoms with Gasteiger partial charge in [0.2, 0.25) is 0 Å². The molecule has 0 saturated carbocycles. The number of nitrogens with two attached hydrogens (primary N) is 1. The molecule has 4 nitrogen and oxygen atoms in total. The van der Waals surface area contributed by atoms with Crippen molar-refractivity contribution in [2.45, 2.75) is 39.3 Å². The van der Waals surface area contributed by atoms with Crippen LogP contribution in [0.15, 0.2) is 30.7 Å². The second-order valence-electron chi connectivity index (χ2n) is 5.45. The first-order valence-electron chi connectivity index (χ1n) is 7.41. The minimum absolute atomic E-state index is 0.913. The molecule has 0 spiro atoms. The van der Waals surface area contributed by atoms with Gasteiger partial charge in [-0.25, -0.2) is 4.98 Å². The molecular weight excluding hydrogens is 248 g/mol. The van der Waals surface area contributed by atoms with E-state index in [-0.39, 0.29) is 0 Å². The Kier molecular flexibility index (Phi) is 3.63. The monoisotopic (exact) mass is 270 g/mol. The van der Waals surface area contributed by atoms with Gasteiger partial charge in [0.1, 0.15) is 0 Å². The lowest BCUT2D eigenvalue weighted by atomic mass is 10.00. The number of aryl methyl sites for hydroxylation is 1. The number of anilines is 2. The van der Waals surface area contributed by atoms with Crippen LogP contribution in [-0.4, -0.2) is 16.1 Å². The van der Waals surface area contributed by atoms with E-state index in [9.17, 15) is 0 Å². The molecule has 20 heavy (non-hydrogen) atoms. The average molecular weight is 270 g/mol. The van der Waals surface area contributed by atoms with Crippen molar-refractivity contribution in [2.75, 3.05) is 17.2 Å². The van der Waals surface area contributed by atoms with Crippen molar-refractivity contribution in [3.8, 4) is 0 Å². The number of hydrogen-bond donors (Lipinski definition) is 1. The standard InChI is InChI=1S/C16H22N4/c1-2-8-20-12-18-10-13(20)11-19-9-4-5-14-15(17)6-3-7-16(14)19/h3,6-7,10,12H,2,4-5,8-9,11,17H2,1H3. The maximum Gasteiger partial charge on any atom is 0.0948 e. The maximum atomic E-state index is 6.11. The first-order chi connectivity index (χ1) is 9.79. The van der Waals surface area contributed by atoms with E-state index in [4.69, 9.17) is 5.73 Å². The number of hydrogen-bond acceptors (Lipinski definition) is 3. The topological polar surface area (TPSA) is 47.1 Å². The quantitative estimate of drug-likeness (QED) is 0.869. The first-order valence-corrected chi connectivity index (χ1v) is 7.41. The second-order valence-corrected chi connectivity index (χ2v) is 5.45. The maximum absolute atomic E-state index is 6.11. The summed E-state index contributed by atoms with van der Waals surface area (Å²) in [5.41, 5.74) is 10.9. The molecule has 0 fully saturated rings. The predicted octanol–water partition coefficient (Wildman–Crippen LogP) is 2.83. The van der Waals surface area contributed by atoms with Crippen LogP contribution in [0.1, 0.15) is 31.0 Å². The summed E-state index contributed by atoms with van der Waals surface area (Å²) in [6, 6.07) is 6.24. The van der Waals surface area contributed by atoms with Crippen LogP contribution in [0.5, 0.6) is 0 Å². The summed E-state index contributed by atoms with van der Waals surface area (Å²) in [6.07, 6.45) is 7.31. The number of imidazole rings is 1. The molecule has 2 N–H and O–H groups in total. The van der Waals surface area contributed by atoms with Crippen LogP contribution < -0.4 is 10.6 Å². The lowest BCUT2D eigenvalue weighted by molar-refractivity contribution is 0.617. The van der Waals surface area contributed by atoms with Gasteiger partial charge >= 0.3 is 0 Å². The van der Waals surface area contributed by atoms with Crippen molar-refractivity contribution in [3.63, 3.8) is 0 Å². The summed E-state index contributed by atoms with van der Waals surface area (Å²) in [7, 11) is 0. The van der Waals surface area contributed by atoms with E-state index in [1.165, 1.54) is 23.4 Å². The van der Waals surface area contributed by atoms with Crippen molar-refractivity contribution in [3.05, 3.63) is 42.0 Å². The van der Waals surface area contributed by atoms with Gasteiger partial charge in [-0.05, 0) is 37.0 Å². The molecule has 0 aliphatic carbocycles. The zero-order chi connectivity index (χ0) is 13.9. The lowest BCUT2D eigenvalue weighted by Crippen LogP contribution is -2.30. The lowest BCUT2D eigenvalue weighted by Gasteiger charge is -2.32. The van der Waals surface area contributed by atoms with Crippen molar-refractivity contribution in [1.29, 1.82) is 0 Å². The molecular formula is C16H22N4. The highest BCUT2D eigenvalue weighted by atomic mass is 15.2. The van der Waals surface area contributed by atoms with Gasteiger partial charge in [-0.1, -0.05) is 13.0 Å². The zero-order valence-electron chi connectivity index (χ0n) is 12.0. The van der Waals surface area contributed by atoms with Gasteiger partial charge in [0, 0.05) is 30.7 Å². The minimum Gasteiger partial charge on any atom is -0.398 e. The van der Waals surface area contributed by atoms with Gasteiger partial charge in [0.15, 0.2) is 0 Å². The predicted molar refractivity (Wildman–Crippen MR) is 82.7 cm³/mol. The van der Waals surface area contributed by atoms with Gasteiger partial charge in [-0.2, -0.15) is 0 Å². The van der Waals surface area contributed by atoms with E-state index < -0.39 is 0 Å². The zero-order valence-corrected chi connectivity index (χ0v) is 12.0. The summed E-state index contributed by atoms with van der Waals surface area (Å²) in [5.74, 6) is 0. The summed E-state index contributed by atoms with van der Waals surface area (Å²) in [5, 5.41) is 0.